The largest absolute Gasteiger partial charge is 1.00 e. The molecule has 0 heterocycles. The Bertz CT molecular complexity index is 724. The van der Waals surface area contributed by atoms with Crippen LogP contribution in [0.2, 0.25) is 0 Å². The summed E-state index contributed by atoms with van der Waals surface area (Å²) in [5, 5.41) is 1.44. The van der Waals surface area contributed by atoms with Gasteiger partial charge in [0.1, 0.15) is 10.1 Å². The van der Waals surface area contributed by atoms with Gasteiger partial charge in [-0.15, -0.1) is 0 Å². The minimum Gasteiger partial charge on any atom is -0.744 e. The number of benzene rings is 2. The van der Waals surface area contributed by atoms with Crippen LogP contribution < -0.4 is 51.4 Å². The molecule has 5 heteroatoms. The zero-order valence-corrected chi connectivity index (χ0v) is 16.8. The number of aryl methyl sites for hydroxylation is 2. The molecule has 0 radical (unpaired) electrons. The third-order valence-electron chi connectivity index (χ3n) is 3.44. The van der Waals surface area contributed by atoms with Gasteiger partial charge >= 0.3 is 51.4 Å². The van der Waals surface area contributed by atoms with E-state index in [2.05, 4.69) is 6.92 Å². The monoisotopic (exact) mass is 330 g/mol. The zero-order valence-electron chi connectivity index (χ0n) is 12.8. The first-order valence-corrected chi connectivity index (χ1v) is 8.38. The van der Waals surface area contributed by atoms with Crippen molar-refractivity contribution in [2.75, 3.05) is 0 Å². The van der Waals surface area contributed by atoms with Crippen LogP contribution in [-0.4, -0.2) is 13.0 Å². The fourth-order valence-electron chi connectivity index (χ4n) is 2.60. The molecule has 0 fully saturated rings. The molecular weight excluding hydrogens is 311 g/mol. The van der Waals surface area contributed by atoms with Crippen molar-refractivity contribution in [1.82, 2.24) is 0 Å². The number of hydrogen-bond donors (Lipinski definition) is 0. The quantitative estimate of drug-likeness (QED) is 0.597. The average molecular weight is 330 g/mol. The van der Waals surface area contributed by atoms with Gasteiger partial charge in [0.05, 0.1) is 4.90 Å². The smallest absolute Gasteiger partial charge is 0.744 e. The fourth-order valence-corrected chi connectivity index (χ4v) is 3.34. The zero-order chi connectivity index (χ0) is 14.8. The summed E-state index contributed by atoms with van der Waals surface area (Å²) in [4.78, 5) is -0.0867. The molecule has 108 valence electrons. The van der Waals surface area contributed by atoms with Crippen molar-refractivity contribution in [2.24, 2.45) is 0 Å². The molecule has 21 heavy (non-hydrogen) atoms. The molecule has 2 aromatic rings. The third kappa shape index (κ3) is 4.61. The standard InChI is InChI=1S/C16H20O3S.K/c1-3-6-12-10-15-13(7-4-2)8-5-9-14(15)16(11-12)20(17,18)19;/h5,8-11H,3-4,6-7H2,1-2H3,(H,17,18,19);/q;+1/p-1. The summed E-state index contributed by atoms with van der Waals surface area (Å²) in [7, 11) is -4.45. The maximum absolute atomic E-state index is 11.5. The molecule has 0 saturated heterocycles. The van der Waals surface area contributed by atoms with Gasteiger partial charge in [-0.1, -0.05) is 51.0 Å². The van der Waals surface area contributed by atoms with Gasteiger partial charge in [0.15, 0.2) is 0 Å². The van der Waals surface area contributed by atoms with Gasteiger partial charge in [-0.05, 0) is 40.8 Å². The molecule has 3 nitrogen and oxygen atoms in total. The first-order valence-electron chi connectivity index (χ1n) is 6.97. The van der Waals surface area contributed by atoms with Crippen LogP contribution in [0.3, 0.4) is 0 Å². The van der Waals surface area contributed by atoms with Crippen LogP contribution in [0.4, 0.5) is 0 Å². The van der Waals surface area contributed by atoms with Gasteiger partial charge in [-0.2, -0.15) is 0 Å². The van der Waals surface area contributed by atoms with Gasteiger partial charge in [0.2, 0.25) is 0 Å². The summed E-state index contributed by atoms with van der Waals surface area (Å²) >= 11 is 0. The summed E-state index contributed by atoms with van der Waals surface area (Å²) < 4.78 is 34.6. The van der Waals surface area contributed by atoms with Crippen LogP contribution in [0.1, 0.15) is 37.8 Å². The van der Waals surface area contributed by atoms with Crippen LogP contribution in [-0.2, 0) is 23.0 Å². The second kappa shape index (κ2) is 8.20. The van der Waals surface area contributed by atoms with Crippen LogP contribution in [0.15, 0.2) is 35.2 Å². The Morgan fingerprint density at radius 1 is 1.00 bits per heavy atom. The third-order valence-corrected chi connectivity index (χ3v) is 4.31. The predicted octanol–water partition coefficient (Wildman–Crippen LogP) is 0.653. The van der Waals surface area contributed by atoms with Crippen LogP contribution >= 0.6 is 0 Å². The first-order chi connectivity index (χ1) is 9.47. The Morgan fingerprint density at radius 3 is 2.24 bits per heavy atom. The van der Waals surface area contributed by atoms with Gasteiger partial charge in [0.25, 0.3) is 0 Å². The molecule has 0 saturated carbocycles. The maximum atomic E-state index is 11.5. The Kier molecular flexibility index (Phi) is 7.53. The SMILES string of the molecule is CCCc1cc(S(=O)(=O)[O-])c2cccc(CCC)c2c1.[K+]. The molecule has 0 N–H and O–H groups in total. The van der Waals surface area contributed by atoms with Crippen LogP contribution in [0, 0.1) is 0 Å². The number of fused-ring (bicyclic) bond motifs is 1. The van der Waals surface area contributed by atoms with E-state index >= 15 is 0 Å². The first kappa shape index (κ1) is 19.3. The summed E-state index contributed by atoms with van der Waals surface area (Å²) in [6.45, 7) is 4.12. The van der Waals surface area contributed by atoms with E-state index in [1.165, 1.54) is 6.07 Å². The molecule has 2 rings (SSSR count). The van der Waals surface area contributed by atoms with E-state index in [4.69, 9.17) is 0 Å². The Labute approximate surface area is 169 Å². The van der Waals surface area contributed by atoms with Crippen molar-refractivity contribution in [3.05, 3.63) is 41.5 Å². The van der Waals surface area contributed by atoms with Crippen LogP contribution in [0.5, 0.6) is 0 Å². The Balaban J connectivity index is 0.00000220. The molecule has 2 aromatic carbocycles. The summed E-state index contributed by atoms with van der Waals surface area (Å²) in [6, 6.07) is 9.10. The number of rotatable bonds is 5. The minimum absolute atomic E-state index is 0. The summed E-state index contributed by atoms with van der Waals surface area (Å²) in [5.74, 6) is 0. The van der Waals surface area contributed by atoms with Crippen molar-refractivity contribution in [3.63, 3.8) is 0 Å². The van der Waals surface area contributed by atoms with Crippen molar-refractivity contribution < 1.29 is 64.4 Å². The topological polar surface area (TPSA) is 57.2 Å². The fraction of sp³-hybridized carbons (Fsp3) is 0.375. The molecule has 0 aliphatic heterocycles. The normalized spacial score (nSPS) is 11.4. The van der Waals surface area contributed by atoms with Crippen molar-refractivity contribution in [1.29, 1.82) is 0 Å². The van der Waals surface area contributed by atoms with E-state index < -0.39 is 10.1 Å². The van der Waals surface area contributed by atoms with Crippen molar-refractivity contribution in [2.45, 2.75) is 44.4 Å². The molecule has 0 atom stereocenters. The van der Waals surface area contributed by atoms with Gasteiger partial charge in [-0.3, -0.25) is 0 Å². The van der Waals surface area contributed by atoms with E-state index in [9.17, 15) is 13.0 Å². The van der Waals surface area contributed by atoms with Crippen molar-refractivity contribution in [3.8, 4) is 0 Å². The Morgan fingerprint density at radius 2 is 1.67 bits per heavy atom. The molecule has 0 unspecified atom stereocenters. The van der Waals surface area contributed by atoms with Crippen LogP contribution in [0.25, 0.3) is 10.8 Å². The molecule has 0 spiro atoms. The second-order valence-corrected chi connectivity index (χ2v) is 6.41. The average Bonchev–Trinajstić information content (AvgIpc) is 2.38. The maximum Gasteiger partial charge on any atom is 1.00 e. The second-order valence-electron chi connectivity index (χ2n) is 5.06. The van der Waals surface area contributed by atoms with Crippen molar-refractivity contribution >= 4 is 20.9 Å². The van der Waals surface area contributed by atoms with E-state index in [-0.39, 0.29) is 56.3 Å². The summed E-state index contributed by atoms with van der Waals surface area (Å²) in [5.41, 5.74) is 2.02. The molecule has 0 amide bonds. The predicted molar refractivity (Wildman–Crippen MR) is 79.9 cm³/mol. The minimum atomic E-state index is -4.45. The van der Waals surface area contributed by atoms with E-state index in [0.29, 0.717) is 5.39 Å². The molecular formula is C16H19KO3S. The van der Waals surface area contributed by atoms with Gasteiger partial charge < -0.3 is 4.55 Å². The molecule has 0 aliphatic carbocycles. The molecule has 0 aromatic heterocycles. The summed E-state index contributed by atoms with van der Waals surface area (Å²) in [6.07, 6.45) is 3.56. The molecule has 0 bridgehead atoms. The Hall–Kier alpha value is 0.246. The van der Waals surface area contributed by atoms with Gasteiger partial charge in [0, 0.05) is 0 Å². The number of hydrogen-bond acceptors (Lipinski definition) is 3. The van der Waals surface area contributed by atoms with Gasteiger partial charge in [-0.25, -0.2) is 8.42 Å². The van der Waals surface area contributed by atoms with E-state index in [1.807, 2.05) is 25.1 Å². The molecule has 0 aliphatic rings. The van der Waals surface area contributed by atoms with E-state index in [0.717, 1.165) is 42.2 Å². The van der Waals surface area contributed by atoms with E-state index in [1.54, 1.807) is 6.07 Å².